The third-order valence-corrected chi connectivity index (χ3v) is 3.40. The lowest BCUT2D eigenvalue weighted by Gasteiger charge is -2.31. The monoisotopic (exact) mass is 248 g/mol. The molecule has 0 radical (unpaired) electrons. The van der Waals surface area contributed by atoms with E-state index in [-0.39, 0.29) is 6.09 Å². The lowest BCUT2D eigenvalue weighted by atomic mass is 9.89. The van der Waals surface area contributed by atoms with Crippen molar-refractivity contribution in [1.29, 1.82) is 0 Å². The van der Waals surface area contributed by atoms with Gasteiger partial charge in [0, 0.05) is 18.8 Å². The number of ether oxygens (including phenoxy) is 1. The number of rotatable bonds is 2. The van der Waals surface area contributed by atoms with Crippen molar-refractivity contribution in [3.63, 3.8) is 0 Å². The lowest BCUT2D eigenvalue weighted by molar-refractivity contribution is 0.0971. The topological polar surface area (TPSA) is 55.6 Å². The standard InChI is InChI=1S/C14H20N2O2/c1-2-18-14(17)16-8-6-11(7-9-16)12-4-3-5-13(15)10-12/h3-5,10-11H,2,6-9,15H2,1H3. The molecule has 2 N–H and O–H groups in total. The van der Waals surface area contributed by atoms with Crippen LogP contribution in [0.15, 0.2) is 24.3 Å². The number of anilines is 1. The summed E-state index contributed by atoms with van der Waals surface area (Å²) in [5.74, 6) is 0.499. The summed E-state index contributed by atoms with van der Waals surface area (Å²) in [5, 5.41) is 0. The van der Waals surface area contributed by atoms with Crippen molar-refractivity contribution >= 4 is 11.8 Å². The Kier molecular flexibility index (Phi) is 4.07. The number of carbonyl (C=O) groups is 1. The van der Waals surface area contributed by atoms with Crippen LogP contribution < -0.4 is 5.73 Å². The molecule has 1 fully saturated rings. The summed E-state index contributed by atoms with van der Waals surface area (Å²) in [6, 6.07) is 8.03. The second kappa shape index (κ2) is 5.76. The molecule has 4 heteroatoms. The van der Waals surface area contributed by atoms with Crippen LogP contribution in [0.3, 0.4) is 0 Å². The molecule has 0 bridgehead atoms. The van der Waals surface area contributed by atoms with Crippen LogP contribution >= 0.6 is 0 Å². The van der Waals surface area contributed by atoms with E-state index in [4.69, 9.17) is 10.5 Å². The van der Waals surface area contributed by atoms with Gasteiger partial charge in [-0.15, -0.1) is 0 Å². The lowest BCUT2D eigenvalue weighted by Crippen LogP contribution is -2.38. The molecule has 1 aromatic rings. The summed E-state index contributed by atoms with van der Waals surface area (Å²) in [6.45, 7) is 3.79. The molecule has 1 aliphatic rings. The third-order valence-electron chi connectivity index (χ3n) is 3.40. The molecule has 0 aliphatic carbocycles. The highest BCUT2D eigenvalue weighted by atomic mass is 16.6. The molecule has 1 amide bonds. The summed E-state index contributed by atoms with van der Waals surface area (Å²) in [7, 11) is 0. The smallest absolute Gasteiger partial charge is 0.409 e. The van der Waals surface area contributed by atoms with Crippen LogP contribution in [0, 0.1) is 0 Å². The Morgan fingerprint density at radius 1 is 1.44 bits per heavy atom. The van der Waals surface area contributed by atoms with E-state index >= 15 is 0 Å². The molecule has 0 aromatic heterocycles. The molecular formula is C14H20N2O2. The van der Waals surface area contributed by atoms with Crippen molar-refractivity contribution in [2.45, 2.75) is 25.7 Å². The second-order valence-electron chi connectivity index (χ2n) is 4.63. The molecule has 0 saturated carbocycles. The molecular weight excluding hydrogens is 228 g/mol. The quantitative estimate of drug-likeness (QED) is 0.818. The average Bonchev–Trinajstić information content (AvgIpc) is 2.39. The first-order valence-electron chi connectivity index (χ1n) is 6.48. The van der Waals surface area contributed by atoms with Crippen LogP contribution in [-0.2, 0) is 4.74 Å². The molecule has 1 heterocycles. The van der Waals surface area contributed by atoms with Gasteiger partial charge in [0.1, 0.15) is 0 Å². The van der Waals surface area contributed by atoms with Gasteiger partial charge in [0.25, 0.3) is 0 Å². The summed E-state index contributed by atoms with van der Waals surface area (Å²) in [4.78, 5) is 13.4. The van der Waals surface area contributed by atoms with Crippen molar-refractivity contribution in [1.82, 2.24) is 4.90 Å². The zero-order chi connectivity index (χ0) is 13.0. The highest BCUT2D eigenvalue weighted by Crippen LogP contribution is 2.29. The molecule has 2 rings (SSSR count). The van der Waals surface area contributed by atoms with Crippen LogP contribution in [0.25, 0.3) is 0 Å². The maximum absolute atomic E-state index is 11.6. The van der Waals surface area contributed by atoms with E-state index in [0.29, 0.717) is 12.5 Å². The number of amides is 1. The van der Waals surface area contributed by atoms with Crippen LogP contribution in [0.4, 0.5) is 10.5 Å². The first kappa shape index (κ1) is 12.7. The maximum atomic E-state index is 11.6. The SMILES string of the molecule is CCOC(=O)N1CCC(c2cccc(N)c2)CC1. The minimum absolute atomic E-state index is 0.191. The Balaban J connectivity index is 1.92. The Morgan fingerprint density at radius 2 is 2.17 bits per heavy atom. The number of piperidine rings is 1. The first-order chi connectivity index (χ1) is 8.70. The van der Waals surface area contributed by atoms with E-state index in [1.807, 2.05) is 25.1 Å². The van der Waals surface area contributed by atoms with E-state index in [0.717, 1.165) is 31.6 Å². The predicted octanol–water partition coefficient (Wildman–Crippen LogP) is 2.60. The molecule has 0 atom stereocenters. The molecule has 0 spiro atoms. The average molecular weight is 248 g/mol. The van der Waals surface area contributed by atoms with Gasteiger partial charge in [-0.05, 0) is 43.4 Å². The fourth-order valence-electron chi connectivity index (χ4n) is 2.42. The van der Waals surface area contributed by atoms with E-state index in [1.54, 1.807) is 4.90 Å². The van der Waals surface area contributed by atoms with E-state index in [9.17, 15) is 4.79 Å². The van der Waals surface area contributed by atoms with E-state index in [2.05, 4.69) is 6.07 Å². The number of hydrogen-bond donors (Lipinski definition) is 1. The van der Waals surface area contributed by atoms with Gasteiger partial charge >= 0.3 is 6.09 Å². The summed E-state index contributed by atoms with van der Waals surface area (Å²) < 4.78 is 5.01. The molecule has 0 unspecified atom stereocenters. The highest BCUT2D eigenvalue weighted by Gasteiger charge is 2.24. The van der Waals surface area contributed by atoms with Crippen LogP contribution in [0.2, 0.25) is 0 Å². The number of likely N-dealkylation sites (tertiary alicyclic amines) is 1. The van der Waals surface area contributed by atoms with Gasteiger partial charge < -0.3 is 15.4 Å². The Hall–Kier alpha value is -1.71. The minimum atomic E-state index is -0.191. The summed E-state index contributed by atoms with van der Waals surface area (Å²) in [6.07, 6.45) is 1.76. The van der Waals surface area contributed by atoms with Gasteiger partial charge in [-0.2, -0.15) is 0 Å². The third kappa shape index (κ3) is 2.94. The molecule has 4 nitrogen and oxygen atoms in total. The summed E-state index contributed by atoms with van der Waals surface area (Å²) in [5.41, 5.74) is 7.88. The van der Waals surface area contributed by atoms with Gasteiger partial charge in [-0.25, -0.2) is 4.79 Å². The van der Waals surface area contributed by atoms with Gasteiger partial charge in [-0.1, -0.05) is 12.1 Å². The fraction of sp³-hybridized carbons (Fsp3) is 0.500. The van der Waals surface area contributed by atoms with Crippen LogP contribution in [-0.4, -0.2) is 30.7 Å². The van der Waals surface area contributed by atoms with Crippen molar-refractivity contribution in [3.8, 4) is 0 Å². The maximum Gasteiger partial charge on any atom is 0.409 e. The zero-order valence-corrected chi connectivity index (χ0v) is 10.8. The predicted molar refractivity (Wildman–Crippen MR) is 71.4 cm³/mol. The molecule has 18 heavy (non-hydrogen) atoms. The van der Waals surface area contributed by atoms with Crippen molar-refractivity contribution in [2.24, 2.45) is 0 Å². The van der Waals surface area contributed by atoms with Crippen molar-refractivity contribution in [3.05, 3.63) is 29.8 Å². The molecule has 1 aromatic carbocycles. The normalized spacial score (nSPS) is 16.6. The van der Waals surface area contributed by atoms with Gasteiger partial charge in [0.2, 0.25) is 0 Å². The first-order valence-corrected chi connectivity index (χ1v) is 6.48. The fourth-order valence-corrected chi connectivity index (χ4v) is 2.42. The zero-order valence-electron chi connectivity index (χ0n) is 10.8. The number of nitrogen functional groups attached to an aromatic ring is 1. The van der Waals surface area contributed by atoms with Gasteiger partial charge in [0.15, 0.2) is 0 Å². The number of carbonyl (C=O) groups excluding carboxylic acids is 1. The van der Waals surface area contributed by atoms with Gasteiger partial charge in [0.05, 0.1) is 6.61 Å². The molecule has 1 aliphatic heterocycles. The largest absolute Gasteiger partial charge is 0.450 e. The Bertz CT molecular complexity index is 412. The Labute approximate surface area is 108 Å². The molecule has 1 saturated heterocycles. The van der Waals surface area contributed by atoms with Crippen molar-refractivity contribution < 1.29 is 9.53 Å². The van der Waals surface area contributed by atoms with Crippen LogP contribution in [0.5, 0.6) is 0 Å². The number of benzene rings is 1. The Morgan fingerprint density at radius 3 is 2.78 bits per heavy atom. The number of hydrogen-bond acceptors (Lipinski definition) is 3. The van der Waals surface area contributed by atoms with Crippen LogP contribution in [0.1, 0.15) is 31.2 Å². The highest BCUT2D eigenvalue weighted by molar-refractivity contribution is 5.67. The second-order valence-corrected chi connectivity index (χ2v) is 4.63. The van der Waals surface area contributed by atoms with Gasteiger partial charge in [-0.3, -0.25) is 0 Å². The summed E-state index contributed by atoms with van der Waals surface area (Å²) >= 11 is 0. The van der Waals surface area contributed by atoms with Crippen molar-refractivity contribution in [2.75, 3.05) is 25.4 Å². The van der Waals surface area contributed by atoms with E-state index < -0.39 is 0 Å². The van der Waals surface area contributed by atoms with E-state index in [1.165, 1.54) is 5.56 Å². The number of nitrogens with two attached hydrogens (primary N) is 1. The number of nitrogens with zero attached hydrogens (tertiary/aromatic N) is 1. The molecule has 98 valence electrons. The minimum Gasteiger partial charge on any atom is -0.450 e.